The molecule has 0 saturated heterocycles. The second kappa shape index (κ2) is 8.91. The van der Waals surface area contributed by atoms with Crippen LogP contribution in [0.5, 0.6) is 0 Å². The van der Waals surface area contributed by atoms with Crippen molar-refractivity contribution in [1.29, 1.82) is 0 Å². The molecule has 0 unspecified atom stereocenters. The zero-order valence-corrected chi connectivity index (χ0v) is 17.8. The van der Waals surface area contributed by atoms with Gasteiger partial charge in [-0.1, -0.05) is 35.3 Å². The summed E-state index contributed by atoms with van der Waals surface area (Å²) in [7, 11) is -3.48. The van der Waals surface area contributed by atoms with E-state index < -0.39 is 28.3 Å². The van der Waals surface area contributed by atoms with Gasteiger partial charge in [-0.05, 0) is 42.5 Å². The summed E-state index contributed by atoms with van der Waals surface area (Å²) in [5, 5.41) is 3.00. The van der Waals surface area contributed by atoms with Gasteiger partial charge in [-0.2, -0.15) is 0 Å². The molecule has 7 nitrogen and oxygen atoms in total. The first kappa shape index (κ1) is 21.9. The molecule has 0 fully saturated rings. The van der Waals surface area contributed by atoms with E-state index in [9.17, 15) is 18.0 Å². The van der Waals surface area contributed by atoms with E-state index in [4.69, 9.17) is 32.4 Å². The molecule has 1 N–H and O–H groups in total. The zero-order chi connectivity index (χ0) is 21.9. The van der Waals surface area contributed by atoms with Crippen molar-refractivity contribution in [3.63, 3.8) is 0 Å². The fourth-order valence-electron chi connectivity index (χ4n) is 2.47. The van der Waals surface area contributed by atoms with E-state index in [1.165, 1.54) is 24.3 Å². The lowest BCUT2D eigenvalue weighted by Crippen LogP contribution is -2.21. The summed E-state index contributed by atoms with van der Waals surface area (Å²) < 4.78 is 33.7. The van der Waals surface area contributed by atoms with Crippen molar-refractivity contribution >= 4 is 50.6 Å². The summed E-state index contributed by atoms with van der Waals surface area (Å²) in [6.07, 6.45) is 1.03. The molecule has 0 bridgehead atoms. The van der Waals surface area contributed by atoms with E-state index in [1.807, 2.05) is 0 Å². The van der Waals surface area contributed by atoms with Crippen molar-refractivity contribution in [1.82, 2.24) is 0 Å². The summed E-state index contributed by atoms with van der Waals surface area (Å²) in [6, 6.07) is 13.8. The number of halogens is 2. The first-order valence-corrected chi connectivity index (χ1v) is 11.1. The number of sulfone groups is 1. The quantitative estimate of drug-likeness (QED) is 0.537. The van der Waals surface area contributed by atoms with Crippen LogP contribution in [0.2, 0.25) is 10.0 Å². The molecule has 1 aromatic heterocycles. The number of ether oxygens (including phenoxy) is 1. The lowest BCUT2D eigenvalue weighted by atomic mass is 10.2. The minimum Gasteiger partial charge on any atom is -0.450 e. The number of carbonyl (C=O) groups excluding carboxylic acids is 2. The Morgan fingerprint density at radius 1 is 1.03 bits per heavy atom. The molecule has 0 atom stereocenters. The Morgan fingerprint density at radius 3 is 2.47 bits per heavy atom. The highest BCUT2D eigenvalue weighted by molar-refractivity contribution is 7.90. The first-order valence-electron chi connectivity index (χ1n) is 8.46. The third-order valence-corrected chi connectivity index (χ3v) is 5.69. The van der Waals surface area contributed by atoms with Gasteiger partial charge in [0.15, 0.2) is 16.4 Å². The Labute approximate surface area is 182 Å². The molecule has 1 amide bonds. The third-order valence-electron chi connectivity index (χ3n) is 3.92. The summed E-state index contributed by atoms with van der Waals surface area (Å²) in [4.78, 5) is 24.2. The van der Waals surface area contributed by atoms with Crippen LogP contribution in [-0.2, 0) is 19.4 Å². The highest BCUT2D eigenvalue weighted by Gasteiger charge is 2.17. The Hall–Kier alpha value is -2.81. The van der Waals surface area contributed by atoms with Gasteiger partial charge in [0.2, 0.25) is 5.76 Å². The minimum atomic E-state index is -3.48. The van der Waals surface area contributed by atoms with Gasteiger partial charge in [0.1, 0.15) is 5.76 Å². The van der Waals surface area contributed by atoms with Gasteiger partial charge in [-0.25, -0.2) is 13.2 Å². The summed E-state index contributed by atoms with van der Waals surface area (Å²) in [5.74, 6) is -1.27. The Balaban J connectivity index is 1.63. The maximum atomic E-state index is 12.1. The normalized spacial score (nSPS) is 11.2. The van der Waals surface area contributed by atoms with Gasteiger partial charge in [0.25, 0.3) is 5.91 Å². The van der Waals surface area contributed by atoms with Gasteiger partial charge in [0.05, 0.1) is 20.6 Å². The van der Waals surface area contributed by atoms with E-state index in [2.05, 4.69) is 5.32 Å². The molecule has 1 heterocycles. The van der Waals surface area contributed by atoms with Gasteiger partial charge in [-0.15, -0.1) is 0 Å². The van der Waals surface area contributed by atoms with Gasteiger partial charge >= 0.3 is 5.97 Å². The lowest BCUT2D eigenvalue weighted by Gasteiger charge is -2.09. The molecule has 0 aliphatic heterocycles. The van der Waals surface area contributed by atoms with Crippen LogP contribution in [-0.4, -0.2) is 33.2 Å². The predicted molar refractivity (Wildman–Crippen MR) is 113 cm³/mol. The van der Waals surface area contributed by atoms with Crippen molar-refractivity contribution < 1.29 is 27.2 Å². The van der Waals surface area contributed by atoms with E-state index in [0.29, 0.717) is 16.3 Å². The number of rotatable bonds is 6. The van der Waals surface area contributed by atoms with Crippen LogP contribution in [0.25, 0.3) is 11.3 Å². The number of nitrogens with one attached hydrogen (secondary N) is 1. The molecule has 3 rings (SSSR count). The molecular weight excluding hydrogens is 453 g/mol. The number of esters is 1. The third kappa shape index (κ3) is 5.21. The van der Waals surface area contributed by atoms with Crippen LogP contribution in [0, 0.1) is 0 Å². The molecule has 2 aromatic carbocycles. The minimum absolute atomic E-state index is 0.0121. The largest absolute Gasteiger partial charge is 0.450 e. The predicted octanol–water partition coefficient (Wildman–Crippen LogP) is 4.45. The standard InChI is InChI=1S/C20H15Cl2NO6S/c1-30(26,27)12-6-7-15(22)16(10-12)23-19(24)11-28-20(25)18-9-8-17(29-18)13-4-2-3-5-14(13)21/h2-10H,11H2,1H3,(H,23,24). The van der Waals surface area contributed by atoms with Gasteiger partial charge in [-0.3, -0.25) is 4.79 Å². The van der Waals surface area contributed by atoms with Crippen molar-refractivity contribution in [2.75, 3.05) is 18.2 Å². The number of carbonyl (C=O) groups is 2. The van der Waals surface area contributed by atoms with Gasteiger partial charge < -0.3 is 14.5 Å². The average molecular weight is 468 g/mol. The van der Waals surface area contributed by atoms with Crippen molar-refractivity contribution in [2.24, 2.45) is 0 Å². The number of benzene rings is 2. The zero-order valence-electron chi connectivity index (χ0n) is 15.5. The summed E-state index contributed by atoms with van der Waals surface area (Å²) in [6.45, 7) is -0.625. The molecule has 0 saturated carbocycles. The van der Waals surface area contributed by atoms with Crippen molar-refractivity contribution in [3.8, 4) is 11.3 Å². The van der Waals surface area contributed by atoms with Crippen LogP contribution in [0.4, 0.5) is 5.69 Å². The molecule has 10 heteroatoms. The molecule has 156 valence electrons. The SMILES string of the molecule is CS(=O)(=O)c1ccc(Cl)c(NC(=O)COC(=O)c2ccc(-c3ccccc3Cl)o2)c1. The number of anilines is 1. The summed E-state index contributed by atoms with van der Waals surface area (Å²) in [5.41, 5.74) is 0.691. The highest BCUT2D eigenvalue weighted by atomic mass is 35.5. The fourth-order valence-corrected chi connectivity index (χ4v) is 3.51. The van der Waals surface area contributed by atoms with E-state index in [-0.39, 0.29) is 21.4 Å². The lowest BCUT2D eigenvalue weighted by molar-refractivity contribution is -0.119. The van der Waals surface area contributed by atoms with E-state index >= 15 is 0 Å². The number of hydrogen-bond acceptors (Lipinski definition) is 6. The Bertz CT molecular complexity index is 1220. The van der Waals surface area contributed by atoms with E-state index in [1.54, 1.807) is 30.3 Å². The average Bonchev–Trinajstić information content (AvgIpc) is 3.17. The Kier molecular flexibility index (Phi) is 6.50. The molecule has 30 heavy (non-hydrogen) atoms. The maximum Gasteiger partial charge on any atom is 0.374 e. The number of amides is 1. The maximum absolute atomic E-state index is 12.1. The molecular formula is C20H15Cl2NO6S. The van der Waals surface area contributed by atoms with E-state index in [0.717, 1.165) is 6.26 Å². The molecule has 0 aliphatic carbocycles. The van der Waals surface area contributed by atoms with Gasteiger partial charge in [0, 0.05) is 11.8 Å². The highest BCUT2D eigenvalue weighted by Crippen LogP contribution is 2.29. The molecule has 0 radical (unpaired) electrons. The smallest absolute Gasteiger partial charge is 0.374 e. The number of hydrogen-bond donors (Lipinski definition) is 1. The number of furan rings is 1. The van der Waals surface area contributed by atoms with Crippen molar-refractivity contribution in [3.05, 3.63) is 70.4 Å². The fraction of sp³-hybridized carbons (Fsp3) is 0.100. The second-order valence-electron chi connectivity index (χ2n) is 6.18. The second-order valence-corrected chi connectivity index (χ2v) is 9.01. The molecule has 3 aromatic rings. The molecule has 0 spiro atoms. The van der Waals surface area contributed by atoms with Crippen LogP contribution in [0.3, 0.4) is 0 Å². The van der Waals surface area contributed by atoms with Crippen molar-refractivity contribution in [2.45, 2.75) is 4.90 Å². The monoisotopic (exact) mass is 467 g/mol. The first-order chi connectivity index (χ1) is 14.1. The van der Waals surface area contributed by atoms with Crippen LogP contribution in [0.15, 0.2) is 63.9 Å². The van der Waals surface area contributed by atoms with Crippen LogP contribution in [0.1, 0.15) is 10.6 Å². The topological polar surface area (TPSA) is 103 Å². The summed E-state index contributed by atoms with van der Waals surface area (Å²) >= 11 is 12.1. The Morgan fingerprint density at radius 2 is 1.77 bits per heavy atom. The van der Waals surface area contributed by atoms with Crippen LogP contribution < -0.4 is 5.32 Å². The molecule has 0 aliphatic rings. The van der Waals surface area contributed by atoms with Crippen LogP contribution >= 0.6 is 23.2 Å².